The van der Waals surface area contributed by atoms with E-state index in [0.717, 1.165) is 38.5 Å². The summed E-state index contributed by atoms with van der Waals surface area (Å²) in [7, 11) is 5.99. The van der Waals surface area contributed by atoms with Crippen molar-refractivity contribution < 1.29 is 42.9 Å². The predicted octanol–water partition coefficient (Wildman–Crippen LogP) is 20.2. The monoisotopic (exact) mass is 1090 g/mol. The van der Waals surface area contributed by atoms with Crippen LogP contribution in [0.1, 0.15) is 335 Å². The molecule has 77 heavy (non-hydrogen) atoms. The van der Waals surface area contributed by atoms with E-state index in [1.807, 2.05) is 21.1 Å². The number of rotatable bonds is 63. The van der Waals surface area contributed by atoms with E-state index in [0.29, 0.717) is 17.4 Å². The van der Waals surface area contributed by atoms with Crippen LogP contribution in [0.2, 0.25) is 0 Å². The third-order valence-corrected chi connectivity index (χ3v) is 15.2. The first-order chi connectivity index (χ1) is 37.6. The third kappa shape index (κ3) is 61.2. The van der Waals surface area contributed by atoms with Crippen LogP contribution < -0.4 is 0 Å². The Kier molecular flexibility index (Phi) is 58.1. The molecule has 0 aromatic rings. The van der Waals surface area contributed by atoms with Crippen molar-refractivity contribution >= 4 is 17.9 Å². The number of carboxylic acid groups (broad SMARTS) is 1. The molecule has 0 spiro atoms. The Morgan fingerprint density at radius 1 is 0.377 bits per heavy atom. The standard InChI is InChI=1S/C68H129NO8/c1-6-8-10-12-14-16-18-20-22-24-26-28-30-32-33-35-37-39-41-43-45-47-49-51-53-55-57-59-66(71)77-64(63-76-68(67(72)73)74-61-60-69(3,4)5)62-75-65(70)58-56-54-52-50-48-46-44-42-40-38-36-34-31-29-27-25-23-21-19-17-15-13-11-9-7-2/h24-27,64,68H,6-23,28-63H2,1-5H3/p+1/b26-24-,27-25-. The smallest absolute Gasteiger partial charge is 0.361 e. The Balaban J connectivity index is 4.11. The lowest BCUT2D eigenvalue weighted by Crippen LogP contribution is -2.40. The maximum atomic E-state index is 12.9. The molecule has 0 rings (SSSR count). The maximum absolute atomic E-state index is 12.9. The van der Waals surface area contributed by atoms with E-state index in [-0.39, 0.29) is 38.2 Å². The first-order valence-electron chi connectivity index (χ1n) is 33.5. The molecule has 0 saturated heterocycles. The van der Waals surface area contributed by atoms with Crippen molar-refractivity contribution in [3.8, 4) is 0 Å². The molecule has 2 atom stereocenters. The van der Waals surface area contributed by atoms with Crippen molar-refractivity contribution in [1.29, 1.82) is 0 Å². The van der Waals surface area contributed by atoms with Crippen LogP contribution in [0.15, 0.2) is 24.3 Å². The van der Waals surface area contributed by atoms with Gasteiger partial charge in [-0.2, -0.15) is 0 Å². The first kappa shape index (κ1) is 74.8. The minimum Gasteiger partial charge on any atom is -0.477 e. The van der Waals surface area contributed by atoms with Crippen molar-refractivity contribution in [1.82, 2.24) is 0 Å². The van der Waals surface area contributed by atoms with Gasteiger partial charge in [-0.25, -0.2) is 4.79 Å². The molecule has 0 aromatic carbocycles. The molecular formula is C68H130NO8+. The van der Waals surface area contributed by atoms with Crippen LogP contribution in [-0.4, -0.2) is 87.4 Å². The number of carboxylic acids is 1. The topological polar surface area (TPSA) is 108 Å². The molecule has 2 unspecified atom stereocenters. The van der Waals surface area contributed by atoms with Gasteiger partial charge in [0.2, 0.25) is 0 Å². The minimum atomic E-state index is -1.51. The minimum absolute atomic E-state index is 0.176. The zero-order chi connectivity index (χ0) is 56.2. The first-order valence-corrected chi connectivity index (χ1v) is 33.5. The lowest BCUT2D eigenvalue weighted by Gasteiger charge is -2.25. The molecule has 454 valence electrons. The van der Waals surface area contributed by atoms with E-state index in [4.69, 9.17) is 18.9 Å². The number of ether oxygens (including phenoxy) is 4. The Morgan fingerprint density at radius 3 is 0.961 bits per heavy atom. The van der Waals surface area contributed by atoms with Crippen LogP contribution in [-0.2, 0) is 33.3 Å². The van der Waals surface area contributed by atoms with Crippen molar-refractivity contribution in [3.63, 3.8) is 0 Å². The molecule has 0 aliphatic carbocycles. The summed E-state index contributed by atoms with van der Waals surface area (Å²) in [6.45, 7) is 4.94. The summed E-state index contributed by atoms with van der Waals surface area (Å²) in [5, 5.41) is 9.73. The zero-order valence-corrected chi connectivity index (χ0v) is 51.9. The largest absolute Gasteiger partial charge is 0.477 e. The summed E-state index contributed by atoms with van der Waals surface area (Å²) in [6.07, 6.45) is 69.9. The van der Waals surface area contributed by atoms with Crippen molar-refractivity contribution in [2.45, 2.75) is 347 Å². The van der Waals surface area contributed by atoms with Crippen LogP contribution in [0.5, 0.6) is 0 Å². The molecule has 0 amide bonds. The van der Waals surface area contributed by atoms with Crippen molar-refractivity contribution in [2.24, 2.45) is 0 Å². The van der Waals surface area contributed by atoms with E-state index < -0.39 is 18.4 Å². The lowest BCUT2D eigenvalue weighted by molar-refractivity contribution is -0.870. The van der Waals surface area contributed by atoms with Crippen LogP contribution >= 0.6 is 0 Å². The molecule has 1 N–H and O–H groups in total. The number of aliphatic carboxylic acids is 1. The van der Waals surface area contributed by atoms with E-state index in [2.05, 4.69) is 38.2 Å². The molecule has 0 aliphatic rings. The number of hydrogen-bond acceptors (Lipinski definition) is 7. The summed E-state index contributed by atoms with van der Waals surface area (Å²) in [5.41, 5.74) is 0. The van der Waals surface area contributed by atoms with Crippen molar-refractivity contribution in [3.05, 3.63) is 24.3 Å². The average molecular weight is 1090 g/mol. The van der Waals surface area contributed by atoms with Gasteiger partial charge in [-0.3, -0.25) is 9.59 Å². The molecular weight excluding hydrogens is 959 g/mol. The summed E-state index contributed by atoms with van der Waals surface area (Å²) in [4.78, 5) is 37.6. The summed E-state index contributed by atoms with van der Waals surface area (Å²) >= 11 is 0. The van der Waals surface area contributed by atoms with Gasteiger partial charge in [0, 0.05) is 12.8 Å². The number of carbonyl (C=O) groups excluding carboxylic acids is 2. The second kappa shape index (κ2) is 59.9. The highest BCUT2D eigenvalue weighted by atomic mass is 16.7. The molecule has 0 fully saturated rings. The van der Waals surface area contributed by atoms with Crippen LogP contribution in [0.3, 0.4) is 0 Å². The molecule has 0 saturated carbocycles. The maximum Gasteiger partial charge on any atom is 0.361 e. The van der Waals surface area contributed by atoms with Gasteiger partial charge in [-0.05, 0) is 64.2 Å². The van der Waals surface area contributed by atoms with Gasteiger partial charge in [0.05, 0.1) is 34.4 Å². The number of quaternary nitrogens is 1. The quantitative estimate of drug-likeness (QED) is 0.0211. The number of carbonyl (C=O) groups is 3. The van der Waals surface area contributed by atoms with Gasteiger partial charge in [-0.1, -0.05) is 282 Å². The highest BCUT2D eigenvalue weighted by Gasteiger charge is 2.25. The summed E-state index contributed by atoms with van der Waals surface area (Å²) in [6, 6.07) is 0. The van der Waals surface area contributed by atoms with Gasteiger partial charge in [0.25, 0.3) is 6.29 Å². The lowest BCUT2D eigenvalue weighted by atomic mass is 10.0. The number of likely N-dealkylation sites (N-methyl/N-ethyl adjacent to an activating group) is 1. The van der Waals surface area contributed by atoms with Crippen LogP contribution in [0, 0.1) is 0 Å². The zero-order valence-electron chi connectivity index (χ0n) is 51.9. The fourth-order valence-electron chi connectivity index (χ4n) is 10.0. The Hall–Kier alpha value is -2.23. The van der Waals surface area contributed by atoms with E-state index in [1.165, 1.54) is 270 Å². The number of hydrogen-bond donors (Lipinski definition) is 1. The van der Waals surface area contributed by atoms with Crippen LogP contribution in [0.25, 0.3) is 0 Å². The van der Waals surface area contributed by atoms with Gasteiger partial charge >= 0.3 is 17.9 Å². The number of allylic oxidation sites excluding steroid dienone is 4. The molecule has 9 nitrogen and oxygen atoms in total. The normalized spacial score (nSPS) is 12.8. The van der Waals surface area contributed by atoms with Crippen LogP contribution in [0.4, 0.5) is 0 Å². The molecule has 0 aliphatic heterocycles. The van der Waals surface area contributed by atoms with Gasteiger partial charge < -0.3 is 28.5 Å². The van der Waals surface area contributed by atoms with Gasteiger partial charge in [-0.15, -0.1) is 0 Å². The number of unbranched alkanes of at least 4 members (excludes halogenated alkanes) is 44. The predicted molar refractivity (Wildman–Crippen MR) is 328 cm³/mol. The SMILES string of the molecule is CCCCCCCCCC/C=C\CCCCCCCCCCCCCCCCCC(=O)OC(COC(=O)CCCCCCCCCCCCCCC/C=C\CCCCCCCCCC)COC(OCC[N+](C)(C)C)C(=O)O. The van der Waals surface area contributed by atoms with Crippen molar-refractivity contribution in [2.75, 3.05) is 47.5 Å². The summed E-state index contributed by atoms with van der Waals surface area (Å²) in [5.74, 6) is -1.98. The molecule has 0 bridgehead atoms. The average Bonchev–Trinajstić information content (AvgIpc) is 3.40. The number of nitrogens with zero attached hydrogens (tertiary/aromatic N) is 1. The Bertz CT molecular complexity index is 1310. The van der Waals surface area contributed by atoms with E-state index in [1.54, 1.807) is 0 Å². The second-order valence-electron chi connectivity index (χ2n) is 24.1. The third-order valence-electron chi connectivity index (χ3n) is 15.2. The van der Waals surface area contributed by atoms with E-state index >= 15 is 0 Å². The van der Waals surface area contributed by atoms with E-state index in [9.17, 15) is 19.5 Å². The molecule has 0 heterocycles. The highest BCUT2D eigenvalue weighted by Crippen LogP contribution is 2.18. The molecule has 0 aromatic heterocycles. The number of esters is 2. The fourth-order valence-corrected chi connectivity index (χ4v) is 10.0. The molecule has 9 heteroatoms. The highest BCUT2D eigenvalue weighted by molar-refractivity contribution is 5.71. The van der Waals surface area contributed by atoms with Gasteiger partial charge in [0.15, 0.2) is 6.10 Å². The summed E-state index contributed by atoms with van der Waals surface area (Å²) < 4.78 is 23.0. The Labute approximate surface area is 478 Å². The Morgan fingerprint density at radius 2 is 0.662 bits per heavy atom. The van der Waals surface area contributed by atoms with Gasteiger partial charge in [0.1, 0.15) is 13.2 Å². The molecule has 0 radical (unpaired) electrons. The second-order valence-corrected chi connectivity index (χ2v) is 24.1. The fraction of sp³-hybridized carbons (Fsp3) is 0.897.